The topological polar surface area (TPSA) is 41.1 Å². The number of benzene rings is 2. The molecule has 0 unspecified atom stereocenters. The van der Waals surface area contributed by atoms with E-state index in [4.69, 9.17) is 11.6 Å². The summed E-state index contributed by atoms with van der Waals surface area (Å²) >= 11 is 5.92. The monoisotopic (exact) mass is 288 g/mol. The number of rotatable bonds is 4. The van der Waals surface area contributed by atoms with Crippen LogP contribution < -0.4 is 10.6 Å². The van der Waals surface area contributed by atoms with Gasteiger partial charge in [-0.25, -0.2) is 0 Å². The molecule has 0 saturated heterocycles. The number of amides is 1. The molecule has 2 N–H and O–H groups in total. The zero-order valence-electron chi connectivity index (χ0n) is 11.5. The molecule has 0 saturated carbocycles. The van der Waals surface area contributed by atoms with E-state index in [1.165, 1.54) is 0 Å². The maximum absolute atomic E-state index is 12.2. The summed E-state index contributed by atoms with van der Waals surface area (Å²) in [7, 11) is 1.85. The van der Waals surface area contributed by atoms with Crippen LogP contribution in [0.25, 0.3) is 0 Å². The Balaban J connectivity index is 2.05. The predicted octanol–water partition coefficient (Wildman–Crippen LogP) is 3.62. The lowest BCUT2D eigenvalue weighted by Gasteiger charge is -2.09. The number of anilines is 1. The normalized spacial score (nSPS) is 10.2. The number of hydrogen-bond donors (Lipinski definition) is 2. The standard InChI is InChI=1S/C16H17ClN2O/c1-11-8-14(18-2)6-7-15(11)16(20)19-10-12-4-3-5-13(17)9-12/h3-9,18H,10H2,1-2H3,(H,19,20). The minimum Gasteiger partial charge on any atom is -0.388 e. The molecule has 2 aromatic rings. The van der Waals surface area contributed by atoms with Gasteiger partial charge in [-0.05, 0) is 48.4 Å². The van der Waals surface area contributed by atoms with Crippen molar-refractivity contribution in [3.63, 3.8) is 0 Å². The average molecular weight is 289 g/mol. The van der Waals surface area contributed by atoms with E-state index in [-0.39, 0.29) is 5.91 Å². The quantitative estimate of drug-likeness (QED) is 0.902. The first-order valence-electron chi connectivity index (χ1n) is 6.41. The molecule has 0 radical (unpaired) electrons. The Labute approximate surface area is 124 Å². The minimum absolute atomic E-state index is 0.0786. The second kappa shape index (κ2) is 6.44. The SMILES string of the molecule is CNc1ccc(C(=O)NCc2cccc(Cl)c2)c(C)c1. The zero-order valence-corrected chi connectivity index (χ0v) is 12.3. The Kier molecular flexibility index (Phi) is 4.64. The van der Waals surface area contributed by atoms with Crippen molar-refractivity contribution in [2.24, 2.45) is 0 Å². The molecule has 2 aromatic carbocycles. The van der Waals surface area contributed by atoms with E-state index in [0.29, 0.717) is 17.1 Å². The highest BCUT2D eigenvalue weighted by Crippen LogP contribution is 2.15. The number of aryl methyl sites for hydroxylation is 1. The van der Waals surface area contributed by atoms with Gasteiger partial charge in [0.05, 0.1) is 0 Å². The number of carbonyl (C=O) groups excluding carboxylic acids is 1. The van der Waals surface area contributed by atoms with Crippen molar-refractivity contribution >= 4 is 23.2 Å². The number of halogens is 1. The van der Waals surface area contributed by atoms with Gasteiger partial charge in [0, 0.05) is 29.9 Å². The van der Waals surface area contributed by atoms with Crippen LogP contribution in [0.3, 0.4) is 0 Å². The van der Waals surface area contributed by atoms with Gasteiger partial charge in [-0.1, -0.05) is 23.7 Å². The maximum Gasteiger partial charge on any atom is 0.251 e. The van der Waals surface area contributed by atoms with Crippen LogP contribution in [0, 0.1) is 6.92 Å². The highest BCUT2D eigenvalue weighted by atomic mass is 35.5. The van der Waals surface area contributed by atoms with E-state index in [9.17, 15) is 4.79 Å². The molecule has 0 fully saturated rings. The molecular weight excluding hydrogens is 272 g/mol. The molecule has 2 rings (SSSR count). The molecule has 20 heavy (non-hydrogen) atoms. The fourth-order valence-electron chi connectivity index (χ4n) is 2.00. The molecule has 0 aliphatic rings. The van der Waals surface area contributed by atoms with Gasteiger partial charge in [-0.2, -0.15) is 0 Å². The predicted molar refractivity (Wildman–Crippen MR) is 83.3 cm³/mol. The van der Waals surface area contributed by atoms with E-state index in [1.807, 2.05) is 56.4 Å². The number of hydrogen-bond acceptors (Lipinski definition) is 2. The third-order valence-corrected chi connectivity index (χ3v) is 3.34. The fraction of sp³-hybridized carbons (Fsp3) is 0.188. The lowest BCUT2D eigenvalue weighted by Crippen LogP contribution is -2.23. The summed E-state index contributed by atoms with van der Waals surface area (Å²) in [5, 5.41) is 6.63. The second-order valence-electron chi connectivity index (χ2n) is 4.59. The van der Waals surface area contributed by atoms with Crippen molar-refractivity contribution in [1.29, 1.82) is 0 Å². The Morgan fingerprint density at radius 1 is 1.20 bits per heavy atom. The van der Waals surface area contributed by atoms with Crippen LogP contribution in [0.4, 0.5) is 5.69 Å². The highest BCUT2D eigenvalue weighted by molar-refractivity contribution is 6.30. The fourth-order valence-corrected chi connectivity index (χ4v) is 2.21. The van der Waals surface area contributed by atoms with E-state index >= 15 is 0 Å². The molecule has 0 bridgehead atoms. The summed E-state index contributed by atoms with van der Waals surface area (Å²) in [6.45, 7) is 2.39. The summed E-state index contributed by atoms with van der Waals surface area (Å²) in [6.07, 6.45) is 0. The molecule has 0 spiro atoms. The van der Waals surface area contributed by atoms with E-state index in [2.05, 4.69) is 10.6 Å². The lowest BCUT2D eigenvalue weighted by molar-refractivity contribution is 0.0950. The molecule has 0 aliphatic heterocycles. The minimum atomic E-state index is -0.0786. The summed E-state index contributed by atoms with van der Waals surface area (Å²) in [4.78, 5) is 12.2. The van der Waals surface area contributed by atoms with Crippen molar-refractivity contribution in [3.8, 4) is 0 Å². The smallest absolute Gasteiger partial charge is 0.251 e. The lowest BCUT2D eigenvalue weighted by atomic mass is 10.1. The number of carbonyl (C=O) groups is 1. The molecule has 1 amide bonds. The molecule has 0 aromatic heterocycles. The summed E-state index contributed by atoms with van der Waals surface area (Å²) in [6, 6.07) is 13.1. The first-order chi connectivity index (χ1) is 9.60. The Morgan fingerprint density at radius 3 is 2.65 bits per heavy atom. The maximum atomic E-state index is 12.2. The summed E-state index contributed by atoms with van der Waals surface area (Å²) < 4.78 is 0. The summed E-state index contributed by atoms with van der Waals surface area (Å²) in [5.41, 5.74) is 3.61. The molecule has 4 heteroatoms. The zero-order chi connectivity index (χ0) is 14.5. The molecular formula is C16H17ClN2O. The van der Waals surface area contributed by atoms with Crippen molar-refractivity contribution in [2.75, 3.05) is 12.4 Å². The van der Waals surface area contributed by atoms with E-state index in [0.717, 1.165) is 16.8 Å². The van der Waals surface area contributed by atoms with Gasteiger partial charge in [0.15, 0.2) is 0 Å². The summed E-state index contributed by atoms with van der Waals surface area (Å²) in [5.74, 6) is -0.0786. The van der Waals surface area contributed by atoms with Gasteiger partial charge < -0.3 is 10.6 Å². The van der Waals surface area contributed by atoms with Crippen molar-refractivity contribution < 1.29 is 4.79 Å². The van der Waals surface area contributed by atoms with Gasteiger partial charge in [0.25, 0.3) is 5.91 Å². The molecule has 3 nitrogen and oxygen atoms in total. The Morgan fingerprint density at radius 2 is 2.00 bits per heavy atom. The van der Waals surface area contributed by atoms with E-state index in [1.54, 1.807) is 0 Å². The van der Waals surface area contributed by atoms with Gasteiger partial charge in [0.2, 0.25) is 0 Å². The average Bonchev–Trinajstić information content (AvgIpc) is 2.44. The van der Waals surface area contributed by atoms with Crippen molar-refractivity contribution in [2.45, 2.75) is 13.5 Å². The van der Waals surface area contributed by atoms with Crippen LogP contribution in [0.5, 0.6) is 0 Å². The van der Waals surface area contributed by atoms with Gasteiger partial charge in [-0.15, -0.1) is 0 Å². The first kappa shape index (κ1) is 14.4. The largest absolute Gasteiger partial charge is 0.388 e. The number of nitrogens with one attached hydrogen (secondary N) is 2. The first-order valence-corrected chi connectivity index (χ1v) is 6.79. The molecule has 0 atom stereocenters. The van der Waals surface area contributed by atoms with Crippen LogP contribution in [-0.2, 0) is 6.54 Å². The van der Waals surface area contributed by atoms with Crippen LogP contribution in [0.2, 0.25) is 5.02 Å². The van der Waals surface area contributed by atoms with Gasteiger partial charge in [0.1, 0.15) is 0 Å². The van der Waals surface area contributed by atoms with E-state index < -0.39 is 0 Å². The Bertz CT molecular complexity index is 626. The highest BCUT2D eigenvalue weighted by Gasteiger charge is 2.09. The Hall–Kier alpha value is -2.00. The second-order valence-corrected chi connectivity index (χ2v) is 5.03. The van der Waals surface area contributed by atoms with Crippen LogP contribution in [0.15, 0.2) is 42.5 Å². The van der Waals surface area contributed by atoms with Crippen LogP contribution in [0.1, 0.15) is 21.5 Å². The van der Waals surface area contributed by atoms with Crippen molar-refractivity contribution in [3.05, 3.63) is 64.2 Å². The third kappa shape index (κ3) is 3.52. The van der Waals surface area contributed by atoms with Crippen LogP contribution in [-0.4, -0.2) is 13.0 Å². The van der Waals surface area contributed by atoms with Gasteiger partial charge in [-0.3, -0.25) is 4.79 Å². The van der Waals surface area contributed by atoms with Crippen molar-refractivity contribution in [1.82, 2.24) is 5.32 Å². The van der Waals surface area contributed by atoms with Crippen LogP contribution >= 0.6 is 11.6 Å². The molecule has 0 aliphatic carbocycles. The van der Waals surface area contributed by atoms with Gasteiger partial charge >= 0.3 is 0 Å². The molecule has 0 heterocycles. The molecule has 104 valence electrons. The third-order valence-electron chi connectivity index (χ3n) is 3.10.